The smallest absolute Gasteiger partial charge is 0.156 e. The van der Waals surface area contributed by atoms with Crippen molar-refractivity contribution in [1.29, 1.82) is 0 Å². The maximum absolute atomic E-state index is 13.3. The van der Waals surface area contributed by atoms with Crippen LogP contribution in [0.3, 0.4) is 0 Å². The molecule has 4 aliphatic carbocycles. The number of aromatic nitrogens is 1. The first-order chi connectivity index (χ1) is 14.8. The number of rotatable bonds is 5. The Kier molecular flexibility index (Phi) is 5.41. The van der Waals surface area contributed by atoms with Crippen molar-refractivity contribution < 1.29 is 14.6 Å². The molecule has 0 aliphatic heterocycles. The van der Waals surface area contributed by atoms with E-state index in [1.807, 2.05) is 29.1 Å². The Morgan fingerprint density at radius 2 is 1.74 bits per heavy atom. The second-order valence-corrected chi connectivity index (χ2v) is 12.0. The zero-order valence-corrected chi connectivity index (χ0v) is 19.7. The van der Waals surface area contributed by atoms with Crippen LogP contribution in [0.2, 0.25) is 0 Å². The van der Waals surface area contributed by atoms with Crippen molar-refractivity contribution in [3.05, 3.63) is 24.5 Å². The summed E-state index contributed by atoms with van der Waals surface area (Å²) in [7, 11) is 1.71. The summed E-state index contributed by atoms with van der Waals surface area (Å²) in [6.45, 7) is 5.99. The largest absolute Gasteiger partial charge is 0.387 e. The quantitative estimate of drug-likeness (QED) is 0.712. The lowest BCUT2D eigenvalue weighted by Crippen LogP contribution is -2.56. The predicted octanol–water partition coefficient (Wildman–Crippen LogP) is 5.09. The van der Waals surface area contributed by atoms with Gasteiger partial charge in [-0.15, -0.1) is 0 Å². The molecule has 1 aromatic heterocycles. The Morgan fingerprint density at radius 1 is 1.00 bits per heavy atom. The molecule has 5 rings (SSSR count). The third-order valence-electron chi connectivity index (χ3n) is 10.6. The number of carbonyl (C=O) groups excluding carboxylic acids is 1. The third kappa shape index (κ3) is 3.44. The van der Waals surface area contributed by atoms with Crippen LogP contribution in [-0.4, -0.2) is 34.8 Å². The van der Waals surface area contributed by atoms with Gasteiger partial charge < -0.3 is 14.4 Å². The van der Waals surface area contributed by atoms with E-state index in [0.29, 0.717) is 36.2 Å². The second-order valence-electron chi connectivity index (χ2n) is 12.0. The van der Waals surface area contributed by atoms with Gasteiger partial charge in [0.2, 0.25) is 0 Å². The van der Waals surface area contributed by atoms with Gasteiger partial charge in [-0.3, -0.25) is 4.79 Å². The third-order valence-corrected chi connectivity index (χ3v) is 10.6. The fourth-order valence-electron chi connectivity index (χ4n) is 9.02. The molecule has 0 bridgehead atoms. The molecule has 0 spiro atoms. The fourth-order valence-corrected chi connectivity index (χ4v) is 9.02. The molecule has 1 N–H and O–H groups in total. The van der Waals surface area contributed by atoms with E-state index in [1.54, 1.807) is 7.11 Å². The lowest BCUT2D eigenvalue weighted by molar-refractivity contribution is -0.164. The lowest BCUT2D eigenvalue weighted by atomic mass is 9.44. The minimum Gasteiger partial charge on any atom is -0.387 e. The van der Waals surface area contributed by atoms with Crippen LogP contribution in [0, 0.1) is 40.4 Å². The maximum atomic E-state index is 13.3. The summed E-state index contributed by atoms with van der Waals surface area (Å²) in [4.78, 5) is 13.3. The fraction of sp³-hybridized carbons (Fsp3) is 0.815. The van der Waals surface area contributed by atoms with E-state index in [-0.39, 0.29) is 11.3 Å². The molecule has 4 heteroatoms. The number of aliphatic hydroxyl groups is 1. The number of ether oxygens (including phenoxy) is 1. The molecule has 4 nitrogen and oxygen atoms in total. The van der Waals surface area contributed by atoms with Gasteiger partial charge in [-0.1, -0.05) is 13.8 Å². The molecule has 4 fully saturated rings. The van der Waals surface area contributed by atoms with Crippen molar-refractivity contribution in [2.45, 2.75) is 83.8 Å². The monoisotopic (exact) mass is 427 g/mol. The van der Waals surface area contributed by atoms with Crippen LogP contribution in [0.4, 0.5) is 0 Å². The van der Waals surface area contributed by atoms with Gasteiger partial charge in [0.1, 0.15) is 0 Å². The summed E-state index contributed by atoms with van der Waals surface area (Å²) in [5, 5.41) is 11.0. The molecule has 4 saturated carbocycles. The van der Waals surface area contributed by atoms with Gasteiger partial charge in [0, 0.05) is 25.4 Å². The highest BCUT2D eigenvalue weighted by Crippen LogP contribution is 2.68. The molecule has 0 radical (unpaired) electrons. The van der Waals surface area contributed by atoms with E-state index < -0.39 is 5.60 Å². The topological polar surface area (TPSA) is 51.5 Å². The molecule has 0 unspecified atom stereocenters. The minimum atomic E-state index is -0.627. The normalized spacial score (nSPS) is 46.8. The van der Waals surface area contributed by atoms with Crippen molar-refractivity contribution in [2.24, 2.45) is 40.4 Å². The number of hydrogen-bond donors (Lipinski definition) is 1. The molecule has 1 heterocycles. The number of methoxy groups -OCH3 is 1. The molecule has 0 amide bonds. The Labute approximate surface area is 187 Å². The average molecular weight is 428 g/mol. The second kappa shape index (κ2) is 7.73. The van der Waals surface area contributed by atoms with Crippen LogP contribution in [0.15, 0.2) is 24.5 Å². The average Bonchev–Trinajstić information content (AvgIpc) is 3.35. The van der Waals surface area contributed by atoms with Crippen molar-refractivity contribution in [3.63, 3.8) is 0 Å². The van der Waals surface area contributed by atoms with E-state index in [1.165, 1.54) is 32.1 Å². The van der Waals surface area contributed by atoms with E-state index in [2.05, 4.69) is 13.8 Å². The summed E-state index contributed by atoms with van der Waals surface area (Å²) in [6, 6.07) is 4.02. The summed E-state index contributed by atoms with van der Waals surface area (Å²) < 4.78 is 7.40. The number of Topliss-reactive ketones (excluding diaryl/α,β-unsaturated/α-hetero) is 1. The standard InChI is InChI=1S/C27H41NO3/c1-25-12-13-27(30,18-31-3)16-19(25)6-7-20-21-8-9-23(26(21,2)11-10-22(20)25)24(29)17-28-14-4-5-15-28/h4-5,14-15,19-23,30H,6-13,16-18H2,1-3H3/t19-,20-,21-,22-,23-,25-,26-,27+/m0/s1. The lowest BCUT2D eigenvalue weighted by Gasteiger charge is -2.62. The summed E-state index contributed by atoms with van der Waals surface area (Å²) in [5.41, 5.74) is -0.101. The van der Waals surface area contributed by atoms with Crippen molar-refractivity contribution in [2.75, 3.05) is 13.7 Å². The molecular formula is C27H41NO3. The Balaban J connectivity index is 1.33. The van der Waals surface area contributed by atoms with Crippen LogP contribution < -0.4 is 0 Å². The van der Waals surface area contributed by atoms with Gasteiger partial charge in [0.05, 0.1) is 18.8 Å². The van der Waals surface area contributed by atoms with Crippen molar-refractivity contribution in [1.82, 2.24) is 4.57 Å². The highest BCUT2D eigenvalue weighted by Gasteiger charge is 2.62. The first-order valence-electron chi connectivity index (χ1n) is 12.6. The van der Waals surface area contributed by atoms with Crippen LogP contribution >= 0.6 is 0 Å². The molecule has 31 heavy (non-hydrogen) atoms. The molecular weight excluding hydrogens is 386 g/mol. The van der Waals surface area contributed by atoms with E-state index in [0.717, 1.165) is 37.5 Å². The number of carbonyl (C=O) groups is 1. The summed E-state index contributed by atoms with van der Waals surface area (Å²) in [5.74, 6) is 3.50. The van der Waals surface area contributed by atoms with Gasteiger partial charge >= 0.3 is 0 Å². The Morgan fingerprint density at radius 3 is 2.48 bits per heavy atom. The first kappa shape index (κ1) is 21.7. The van der Waals surface area contributed by atoms with Gasteiger partial charge in [-0.05, 0) is 104 Å². The van der Waals surface area contributed by atoms with E-state index >= 15 is 0 Å². The number of hydrogen-bond acceptors (Lipinski definition) is 3. The van der Waals surface area contributed by atoms with Gasteiger partial charge in [0.15, 0.2) is 5.78 Å². The van der Waals surface area contributed by atoms with Crippen LogP contribution in [0.1, 0.15) is 71.6 Å². The highest BCUT2D eigenvalue weighted by atomic mass is 16.5. The zero-order chi connectivity index (χ0) is 21.9. The maximum Gasteiger partial charge on any atom is 0.156 e. The molecule has 1 aromatic rings. The molecule has 0 aromatic carbocycles. The van der Waals surface area contributed by atoms with Crippen molar-refractivity contribution >= 4 is 5.78 Å². The van der Waals surface area contributed by atoms with Crippen molar-refractivity contribution in [3.8, 4) is 0 Å². The van der Waals surface area contributed by atoms with Crippen LogP contribution in [0.25, 0.3) is 0 Å². The number of ketones is 1. The highest BCUT2D eigenvalue weighted by molar-refractivity contribution is 5.82. The number of nitrogens with zero attached hydrogens (tertiary/aromatic N) is 1. The SMILES string of the molecule is COC[C@@]1(O)CC[C@@]2(C)[C@@H](CC[C@@H]3[C@@H]2CC[C@]2(C)[C@H](C(=O)Cn4cccc4)CC[C@@H]32)C1. The molecule has 4 aliphatic rings. The Hall–Kier alpha value is -1.13. The predicted molar refractivity (Wildman–Crippen MR) is 121 cm³/mol. The molecule has 172 valence electrons. The summed E-state index contributed by atoms with van der Waals surface area (Å²) in [6.07, 6.45) is 14.2. The number of fused-ring (bicyclic) bond motifs is 5. The van der Waals surface area contributed by atoms with E-state index in [9.17, 15) is 9.90 Å². The zero-order valence-electron chi connectivity index (χ0n) is 19.7. The van der Waals surface area contributed by atoms with Gasteiger partial charge in [-0.25, -0.2) is 0 Å². The Bertz CT molecular complexity index is 805. The van der Waals surface area contributed by atoms with Gasteiger partial charge in [-0.2, -0.15) is 0 Å². The minimum absolute atomic E-state index is 0.181. The molecule has 8 atom stereocenters. The molecule has 0 saturated heterocycles. The van der Waals surface area contributed by atoms with Crippen LogP contribution in [0.5, 0.6) is 0 Å². The van der Waals surface area contributed by atoms with Crippen LogP contribution in [-0.2, 0) is 16.1 Å². The summed E-state index contributed by atoms with van der Waals surface area (Å²) >= 11 is 0. The van der Waals surface area contributed by atoms with Gasteiger partial charge in [0.25, 0.3) is 0 Å². The van der Waals surface area contributed by atoms with E-state index in [4.69, 9.17) is 4.74 Å². The first-order valence-corrected chi connectivity index (χ1v) is 12.6.